The first-order valence-corrected chi connectivity index (χ1v) is 6.14. The van der Waals surface area contributed by atoms with Crippen LogP contribution >= 0.6 is 15.9 Å². The molecule has 4 nitrogen and oxygen atoms in total. The molecule has 0 bridgehead atoms. The lowest BCUT2D eigenvalue weighted by Gasteiger charge is -2.26. The molecule has 0 radical (unpaired) electrons. The SMILES string of the molecule is CCc1cc(Br)ccc1N1C(=O)COCC1=O. The summed E-state index contributed by atoms with van der Waals surface area (Å²) in [7, 11) is 0. The molecule has 1 saturated heterocycles. The van der Waals surface area contributed by atoms with Crippen LogP contribution in [0.2, 0.25) is 0 Å². The van der Waals surface area contributed by atoms with Crippen LogP contribution < -0.4 is 4.90 Å². The molecular formula is C12H12BrNO3. The molecule has 1 heterocycles. The fraction of sp³-hybridized carbons (Fsp3) is 0.333. The highest BCUT2D eigenvalue weighted by Gasteiger charge is 2.29. The van der Waals surface area contributed by atoms with E-state index in [9.17, 15) is 9.59 Å². The van der Waals surface area contributed by atoms with E-state index in [1.54, 1.807) is 6.07 Å². The van der Waals surface area contributed by atoms with Gasteiger partial charge in [0.05, 0.1) is 5.69 Å². The van der Waals surface area contributed by atoms with Crippen molar-refractivity contribution in [2.24, 2.45) is 0 Å². The van der Waals surface area contributed by atoms with E-state index in [0.29, 0.717) is 5.69 Å². The van der Waals surface area contributed by atoms with Crippen molar-refractivity contribution in [1.29, 1.82) is 0 Å². The number of hydrogen-bond donors (Lipinski definition) is 0. The Hall–Kier alpha value is -1.20. The molecule has 0 aromatic heterocycles. The third-order valence-corrected chi connectivity index (χ3v) is 3.11. The van der Waals surface area contributed by atoms with Crippen molar-refractivity contribution in [3.63, 3.8) is 0 Å². The van der Waals surface area contributed by atoms with Gasteiger partial charge in [-0.15, -0.1) is 0 Å². The van der Waals surface area contributed by atoms with Crippen LogP contribution in [0.3, 0.4) is 0 Å². The molecule has 5 heteroatoms. The first-order chi connectivity index (χ1) is 8.13. The summed E-state index contributed by atoms with van der Waals surface area (Å²) in [4.78, 5) is 24.7. The molecule has 0 atom stereocenters. The predicted octanol–water partition coefficient (Wildman–Crippen LogP) is 1.90. The van der Waals surface area contributed by atoms with Gasteiger partial charge < -0.3 is 4.74 Å². The van der Waals surface area contributed by atoms with Crippen LogP contribution in [0.1, 0.15) is 12.5 Å². The van der Waals surface area contributed by atoms with E-state index in [2.05, 4.69) is 15.9 Å². The maximum Gasteiger partial charge on any atom is 0.259 e. The molecule has 1 aromatic carbocycles. The summed E-state index contributed by atoms with van der Waals surface area (Å²) < 4.78 is 5.83. The van der Waals surface area contributed by atoms with Gasteiger partial charge in [0.2, 0.25) is 0 Å². The number of morpholine rings is 1. The van der Waals surface area contributed by atoms with Crippen molar-refractivity contribution in [2.45, 2.75) is 13.3 Å². The number of aryl methyl sites for hydroxylation is 1. The molecule has 0 saturated carbocycles. The van der Waals surface area contributed by atoms with Crippen molar-refractivity contribution in [3.8, 4) is 0 Å². The summed E-state index contributed by atoms with van der Waals surface area (Å²) in [6.45, 7) is 1.91. The van der Waals surface area contributed by atoms with Gasteiger partial charge in [-0.3, -0.25) is 9.59 Å². The summed E-state index contributed by atoms with van der Waals surface area (Å²) in [6.07, 6.45) is 0.757. The lowest BCUT2D eigenvalue weighted by molar-refractivity contribution is -0.138. The van der Waals surface area contributed by atoms with Gasteiger partial charge in [0.1, 0.15) is 13.2 Å². The lowest BCUT2D eigenvalue weighted by Crippen LogP contribution is -2.46. The van der Waals surface area contributed by atoms with Gasteiger partial charge in [0.25, 0.3) is 11.8 Å². The van der Waals surface area contributed by atoms with Crippen LogP contribution in [0.25, 0.3) is 0 Å². The van der Waals surface area contributed by atoms with Crippen LogP contribution in [0.4, 0.5) is 5.69 Å². The number of ether oxygens (including phenoxy) is 1. The van der Waals surface area contributed by atoms with E-state index < -0.39 is 0 Å². The second-order valence-corrected chi connectivity index (χ2v) is 4.66. The molecule has 0 N–H and O–H groups in total. The molecule has 2 rings (SSSR count). The average molecular weight is 298 g/mol. The van der Waals surface area contributed by atoms with E-state index >= 15 is 0 Å². The normalized spacial score (nSPS) is 16.5. The van der Waals surface area contributed by atoms with Gasteiger partial charge in [-0.25, -0.2) is 4.90 Å². The van der Waals surface area contributed by atoms with E-state index in [1.807, 2.05) is 19.1 Å². The van der Waals surface area contributed by atoms with Gasteiger partial charge >= 0.3 is 0 Å². The fourth-order valence-corrected chi connectivity index (χ4v) is 2.23. The van der Waals surface area contributed by atoms with Crippen molar-refractivity contribution in [2.75, 3.05) is 18.1 Å². The Morgan fingerprint density at radius 1 is 1.29 bits per heavy atom. The summed E-state index contributed by atoms with van der Waals surface area (Å²) >= 11 is 3.38. The van der Waals surface area contributed by atoms with Crippen molar-refractivity contribution in [3.05, 3.63) is 28.2 Å². The van der Waals surface area contributed by atoms with Crippen LogP contribution in [0.5, 0.6) is 0 Å². The van der Waals surface area contributed by atoms with Crippen LogP contribution in [0.15, 0.2) is 22.7 Å². The second-order valence-electron chi connectivity index (χ2n) is 3.74. The zero-order chi connectivity index (χ0) is 12.4. The van der Waals surface area contributed by atoms with Crippen LogP contribution in [-0.2, 0) is 20.7 Å². The summed E-state index contributed by atoms with van der Waals surface area (Å²) in [5.74, 6) is -0.614. The Bertz CT molecular complexity index is 457. The summed E-state index contributed by atoms with van der Waals surface area (Å²) in [5, 5.41) is 0. The Morgan fingerprint density at radius 2 is 1.94 bits per heavy atom. The smallest absolute Gasteiger partial charge is 0.259 e. The standard InChI is InChI=1S/C12H12BrNO3/c1-2-8-5-9(13)3-4-10(8)14-11(15)6-17-7-12(14)16/h3-5H,2,6-7H2,1H3. The topological polar surface area (TPSA) is 46.6 Å². The molecular weight excluding hydrogens is 286 g/mol. The largest absolute Gasteiger partial charge is 0.362 e. The molecule has 1 aromatic rings. The summed E-state index contributed by atoms with van der Waals surface area (Å²) in [6, 6.07) is 5.53. The number of imide groups is 1. The Balaban J connectivity index is 2.44. The Labute approximate surface area is 108 Å². The second kappa shape index (κ2) is 4.98. The molecule has 1 fully saturated rings. The fourth-order valence-electron chi connectivity index (χ4n) is 1.82. The average Bonchev–Trinajstić information content (AvgIpc) is 2.30. The number of amides is 2. The number of carbonyl (C=O) groups is 2. The molecule has 0 unspecified atom stereocenters. The van der Waals surface area contributed by atoms with Crippen LogP contribution in [-0.4, -0.2) is 25.0 Å². The van der Waals surface area contributed by atoms with E-state index in [0.717, 1.165) is 16.5 Å². The van der Waals surface area contributed by atoms with Crippen LogP contribution in [0, 0.1) is 0 Å². The van der Waals surface area contributed by atoms with E-state index in [-0.39, 0.29) is 25.0 Å². The summed E-state index contributed by atoms with van der Waals surface area (Å²) in [5.41, 5.74) is 1.62. The molecule has 0 spiro atoms. The maximum absolute atomic E-state index is 11.7. The number of nitrogens with zero attached hydrogens (tertiary/aromatic N) is 1. The highest BCUT2D eigenvalue weighted by molar-refractivity contribution is 9.10. The van der Waals surface area contributed by atoms with Gasteiger partial charge in [0, 0.05) is 4.47 Å². The Morgan fingerprint density at radius 3 is 2.53 bits per heavy atom. The zero-order valence-electron chi connectivity index (χ0n) is 9.40. The number of carbonyl (C=O) groups excluding carboxylic acids is 2. The number of benzene rings is 1. The minimum Gasteiger partial charge on any atom is -0.362 e. The van der Waals surface area contributed by atoms with Gasteiger partial charge in [0.15, 0.2) is 0 Å². The highest BCUT2D eigenvalue weighted by atomic mass is 79.9. The van der Waals surface area contributed by atoms with Crippen molar-refractivity contribution < 1.29 is 14.3 Å². The molecule has 17 heavy (non-hydrogen) atoms. The zero-order valence-corrected chi connectivity index (χ0v) is 11.0. The number of halogens is 1. The van der Waals surface area contributed by atoms with E-state index in [1.165, 1.54) is 4.90 Å². The number of anilines is 1. The third kappa shape index (κ3) is 2.40. The van der Waals surface area contributed by atoms with Gasteiger partial charge in [-0.05, 0) is 30.2 Å². The van der Waals surface area contributed by atoms with Crippen molar-refractivity contribution in [1.82, 2.24) is 0 Å². The van der Waals surface area contributed by atoms with E-state index in [4.69, 9.17) is 4.74 Å². The first-order valence-electron chi connectivity index (χ1n) is 5.35. The minimum atomic E-state index is -0.307. The molecule has 1 aliphatic heterocycles. The third-order valence-electron chi connectivity index (χ3n) is 2.61. The molecule has 0 aliphatic carbocycles. The first kappa shape index (κ1) is 12.3. The number of rotatable bonds is 2. The number of hydrogen-bond acceptors (Lipinski definition) is 3. The molecule has 1 aliphatic rings. The van der Waals surface area contributed by atoms with Crippen molar-refractivity contribution >= 4 is 33.4 Å². The molecule has 2 amide bonds. The highest BCUT2D eigenvalue weighted by Crippen LogP contribution is 2.26. The Kier molecular flexibility index (Phi) is 3.59. The quantitative estimate of drug-likeness (QED) is 0.783. The predicted molar refractivity (Wildman–Crippen MR) is 66.8 cm³/mol. The maximum atomic E-state index is 11.7. The van der Waals surface area contributed by atoms with Gasteiger partial charge in [-0.2, -0.15) is 0 Å². The van der Waals surface area contributed by atoms with Gasteiger partial charge in [-0.1, -0.05) is 22.9 Å². The minimum absolute atomic E-state index is 0.0367. The lowest BCUT2D eigenvalue weighted by atomic mass is 10.1. The monoisotopic (exact) mass is 297 g/mol. The molecule has 90 valence electrons.